The van der Waals surface area contributed by atoms with Crippen molar-refractivity contribution in [3.63, 3.8) is 0 Å². The van der Waals surface area contributed by atoms with Crippen molar-refractivity contribution in [2.24, 2.45) is 0 Å². The van der Waals surface area contributed by atoms with E-state index in [-0.39, 0.29) is 17.4 Å². The van der Waals surface area contributed by atoms with E-state index in [0.29, 0.717) is 16.6 Å². The Morgan fingerprint density at radius 1 is 1.08 bits per heavy atom. The molecule has 0 radical (unpaired) electrons. The molecule has 0 bridgehead atoms. The van der Waals surface area contributed by atoms with Crippen LogP contribution < -0.4 is 0 Å². The summed E-state index contributed by atoms with van der Waals surface area (Å²) in [6.45, 7) is 1.36. The van der Waals surface area contributed by atoms with Gasteiger partial charge in [0.05, 0.1) is 0 Å². The molecular formula is C20H18BrNO3. The minimum atomic E-state index is -0.185. The molecule has 0 aromatic heterocycles. The van der Waals surface area contributed by atoms with Crippen LogP contribution in [-0.2, 0) is 17.8 Å². The van der Waals surface area contributed by atoms with Crippen LogP contribution in [0.5, 0.6) is 11.5 Å². The van der Waals surface area contributed by atoms with Crippen LogP contribution in [0.2, 0.25) is 0 Å². The van der Waals surface area contributed by atoms with E-state index in [1.54, 1.807) is 24.3 Å². The first kappa shape index (κ1) is 17.3. The molecule has 0 saturated heterocycles. The standard InChI is InChI=1S/C20H18BrNO3/c21-17-12-19(24)18(23)11-15(17)6-3-4-8-20(25)22-10-9-14-5-1-2-7-16(14)13-22/h1-8,11-12,23-24H,9-10,13H2/b6-3+,8-4+. The maximum absolute atomic E-state index is 12.3. The van der Waals surface area contributed by atoms with E-state index in [9.17, 15) is 15.0 Å². The van der Waals surface area contributed by atoms with Gasteiger partial charge in [0.2, 0.25) is 5.91 Å². The lowest BCUT2D eigenvalue weighted by molar-refractivity contribution is -0.126. The van der Waals surface area contributed by atoms with Crippen molar-refractivity contribution in [1.82, 2.24) is 4.90 Å². The number of carbonyl (C=O) groups excluding carboxylic acids is 1. The first-order valence-corrected chi connectivity index (χ1v) is 8.76. The molecule has 5 heteroatoms. The number of rotatable bonds is 3. The first-order valence-electron chi connectivity index (χ1n) is 7.96. The second kappa shape index (κ2) is 7.57. The van der Waals surface area contributed by atoms with Gasteiger partial charge in [0.15, 0.2) is 11.5 Å². The molecular weight excluding hydrogens is 382 g/mol. The summed E-state index contributed by atoms with van der Waals surface area (Å²) in [5.74, 6) is -0.387. The molecule has 0 aliphatic carbocycles. The molecule has 2 aromatic rings. The topological polar surface area (TPSA) is 60.8 Å². The van der Waals surface area contributed by atoms with Crippen LogP contribution >= 0.6 is 15.9 Å². The van der Waals surface area contributed by atoms with Gasteiger partial charge in [0, 0.05) is 23.6 Å². The number of hydrogen-bond donors (Lipinski definition) is 2. The van der Waals surface area contributed by atoms with Crippen LogP contribution in [0.25, 0.3) is 6.08 Å². The number of phenolic OH excluding ortho intramolecular Hbond substituents is 2. The second-order valence-corrected chi connectivity index (χ2v) is 6.71. The highest BCUT2D eigenvalue weighted by Gasteiger charge is 2.18. The number of carbonyl (C=O) groups is 1. The minimum absolute atomic E-state index is 0.0215. The van der Waals surface area contributed by atoms with Gasteiger partial charge in [-0.25, -0.2) is 0 Å². The highest BCUT2D eigenvalue weighted by atomic mass is 79.9. The Labute approximate surface area is 154 Å². The number of hydrogen-bond acceptors (Lipinski definition) is 3. The summed E-state index contributed by atoms with van der Waals surface area (Å²) in [5.41, 5.74) is 3.22. The monoisotopic (exact) mass is 399 g/mol. The molecule has 3 rings (SSSR count). The number of benzene rings is 2. The molecule has 2 N–H and O–H groups in total. The smallest absolute Gasteiger partial charge is 0.246 e. The quantitative estimate of drug-likeness (QED) is 0.465. The maximum Gasteiger partial charge on any atom is 0.246 e. The van der Waals surface area contributed by atoms with Gasteiger partial charge < -0.3 is 15.1 Å². The fourth-order valence-electron chi connectivity index (χ4n) is 2.78. The summed E-state index contributed by atoms with van der Waals surface area (Å²) in [5, 5.41) is 19.0. The molecule has 1 aliphatic heterocycles. The van der Waals surface area contributed by atoms with Gasteiger partial charge in [-0.15, -0.1) is 0 Å². The van der Waals surface area contributed by atoms with E-state index in [0.717, 1.165) is 13.0 Å². The molecule has 1 aliphatic rings. The summed E-state index contributed by atoms with van der Waals surface area (Å²) in [7, 11) is 0. The zero-order chi connectivity index (χ0) is 17.8. The van der Waals surface area contributed by atoms with E-state index < -0.39 is 0 Å². The lowest BCUT2D eigenvalue weighted by atomic mass is 10.00. The van der Waals surface area contributed by atoms with Crippen LogP contribution in [0.3, 0.4) is 0 Å². The molecule has 0 unspecified atom stereocenters. The number of nitrogens with zero attached hydrogens (tertiary/aromatic N) is 1. The Balaban J connectivity index is 1.63. The molecule has 0 saturated carbocycles. The summed E-state index contributed by atoms with van der Waals surface area (Å²) < 4.78 is 0.659. The third-order valence-corrected chi connectivity index (χ3v) is 4.85. The van der Waals surface area contributed by atoms with Crippen molar-refractivity contribution in [1.29, 1.82) is 0 Å². The van der Waals surface area contributed by atoms with E-state index in [1.807, 2.05) is 17.0 Å². The summed E-state index contributed by atoms with van der Waals surface area (Å²) in [4.78, 5) is 14.1. The second-order valence-electron chi connectivity index (χ2n) is 5.86. The Kier molecular flexibility index (Phi) is 5.24. The van der Waals surface area contributed by atoms with E-state index in [4.69, 9.17) is 0 Å². The number of amides is 1. The van der Waals surface area contributed by atoms with Gasteiger partial charge in [0.25, 0.3) is 0 Å². The number of aromatic hydroxyl groups is 2. The van der Waals surface area contributed by atoms with E-state index >= 15 is 0 Å². The Morgan fingerprint density at radius 2 is 1.80 bits per heavy atom. The Hall–Kier alpha value is -2.53. The van der Waals surface area contributed by atoms with Gasteiger partial charge in [-0.2, -0.15) is 0 Å². The third kappa shape index (κ3) is 4.12. The van der Waals surface area contributed by atoms with Crippen LogP contribution in [0.1, 0.15) is 16.7 Å². The summed E-state index contributed by atoms with van der Waals surface area (Å²) >= 11 is 3.32. The lowest BCUT2D eigenvalue weighted by Gasteiger charge is -2.27. The zero-order valence-electron chi connectivity index (χ0n) is 13.5. The first-order chi connectivity index (χ1) is 12.0. The van der Waals surface area contributed by atoms with Gasteiger partial charge in [0.1, 0.15) is 0 Å². The SMILES string of the molecule is O=C(/C=C/C=C/c1cc(O)c(O)cc1Br)N1CCc2ccccc2C1. The molecule has 0 fully saturated rings. The van der Waals surface area contributed by atoms with Crippen molar-refractivity contribution in [3.8, 4) is 11.5 Å². The summed E-state index contributed by atoms with van der Waals surface area (Å²) in [6, 6.07) is 11.1. The van der Waals surface area contributed by atoms with Crippen molar-refractivity contribution in [2.75, 3.05) is 6.54 Å². The van der Waals surface area contributed by atoms with Crippen LogP contribution in [-0.4, -0.2) is 27.6 Å². The van der Waals surface area contributed by atoms with Crippen molar-refractivity contribution in [2.45, 2.75) is 13.0 Å². The van der Waals surface area contributed by atoms with Crippen molar-refractivity contribution < 1.29 is 15.0 Å². The van der Waals surface area contributed by atoms with Crippen LogP contribution in [0, 0.1) is 0 Å². The highest BCUT2D eigenvalue weighted by Crippen LogP contribution is 2.32. The number of fused-ring (bicyclic) bond motifs is 1. The largest absolute Gasteiger partial charge is 0.504 e. The van der Waals surface area contributed by atoms with Gasteiger partial charge >= 0.3 is 0 Å². The van der Waals surface area contributed by atoms with Gasteiger partial charge in [-0.1, -0.05) is 58.4 Å². The fourth-order valence-corrected chi connectivity index (χ4v) is 3.25. The molecule has 25 heavy (non-hydrogen) atoms. The molecule has 2 aromatic carbocycles. The molecule has 0 spiro atoms. The highest BCUT2D eigenvalue weighted by molar-refractivity contribution is 9.10. The molecule has 4 nitrogen and oxygen atoms in total. The number of halogens is 1. The predicted molar refractivity (Wildman–Crippen MR) is 101 cm³/mol. The fraction of sp³-hybridized carbons (Fsp3) is 0.150. The van der Waals surface area contributed by atoms with Crippen molar-refractivity contribution in [3.05, 3.63) is 75.8 Å². The van der Waals surface area contributed by atoms with Gasteiger partial charge in [-0.3, -0.25) is 4.79 Å². The Morgan fingerprint density at radius 3 is 2.60 bits per heavy atom. The predicted octanol–water partition coefficient (Wildman–Crippen LogP) is 4.01. The van der Waals surface area contributed by atoms with Gasteiger partial charge in [-0.05, 0) is 35.2 Å². The number of phenols is 2. The van der Waals surface area contributed by atoms with Crippen LogP contribution in [0.4, 0.5) is 0 Å². The molecule has 1 heterocycles. The van der Waals surface area contributed by atoms with E-state index in [2.05, 4.69) is 28.1 Å². The van der Waals surface area contributed by atoms with E-state index in [1.165, 1.54) is 23.3 Å². The minimum Gasteiger partial charge on any atom is -0.504 e. The average molecular weight is 400 g/mol. The normalized spacial score (nSPS) is 14.2. The van der Waals surface area contributed by atoms with Crippen molar-refractivity contribution >= 4 is 27.9 Å². The third-order valence-electron chi connectivity index (χ3n) is 4.16. The summed E-state index contributed by atoms with van der Waals surface area (Å²) in [6.07, 6.45) is 7.58. The zero-order valence-corrected chi connectivity index (χ0v) is 15.1. The number of allylic oxidation sites excluding steroid dienone is 2. The molecule has 1 amide bonds. The average Bonchev–Trinajstić information content (AvgIpc) is 2.62. The molecule has 0 atom stereocenters. The maximum atomic E-state index is 12.3. The van der Waals surface area contributed by atoms with Crippen LogP contribution in [0.15, 0.2) is 59.1 Å². The lowest BCUT2D eigenvalue weighted by Crippen LogP contribution is -2.34. The molecule has 128 valence electrons. The Bertz CT molecular complexity index is 858.